The third-order valence-corrected chi connectivity index (χ3v) is 4.77. The summed E-state index contributed by atoms with van der Waals surface area (Å²) in [5.74, 6) is 0.610. The van der Waals surface area contributed by atoms with Crippen LogP contribution in [0.2, 0.25) is 0 Å². The first-order valence-electron chi connectivity index (χ1n) is 8.38. The summed E-state index contributed by atoms with van der Waals surface area (Å²) >= 11 is 0. The molecule has 0 radical (unpaired) electrons. The van der Waals surface area contributed by atoms with Crippen LogP contribution in [0.3, 0.4) is 0 Å². The number of hydrogen-bond donors (Lipinski definition) is 1. The van der Waals surface area contributed by atoms with Crippen molar-refractivity contribution < 1.29 is 9.13 Å². The van der Waals surface area contributed by atoms with E-state index in [1.165, 1.54) is 28.8 Å². The molecule has 0 aliphatic carbocycles. The van der Waals surface area contributed by atoms with Gasteiger partial charge in [-0.15, -0.1) is 0 Å². The number of nitrogens with one attached hydrogen (secondary N) is 1. The Balaban J connectivity index is 1.54. The molecule has 5 heteroatoms. The molecule has 0 fully saturated rings. The van der Waals surface area contributed by atoms with Crippen LogP contribution in [0.4, 0.5) is 4.39 Å². The third-order valence-electron chi connectivity index (χ3n) is 4.77. The van der Waals surface area contributed by atoms with E-state index in [1.54, 1.807) is 12.1 Å². The Hall–Kier alpha value is -2.27. The average molecular weight is 322 g/mol. The van der Waals surface area contributed by atoms with Gasteiger partial charge in [0.25, 0.3) is 0 Å². The summed E-state index contributed by atoms with van der Waals surface area (Å²) in [6.45, 7) is 2.63. The molecule has 0 amide bonds. The fourth-order valence-corrected chi connectivity index (χ4v) is 3.34. The normalized spacial score (nSPS) is 15.2. The number of nitrogens with zero attached hydrogens (tertiary/aromatic N) is 1. The smallest absolute Gasteiger partial charge is 0.185 e. The fourth-order valence-electron chi connectivity index (χ4n) is 3.34. The second kappa shape index (κ2) is 6.32. The average Bonchev–Trinajstić information content (AvgIpc) is 2.84. The molecule has 3 nitrogen and oxygen atoms in total. The van der Waals surface area contributed by atoms with Crippen LogP contribution in [-0.4, -0.2) is 30.9 Å². The molecule has 4 rings (SSSR count). The highest BCUT2D eigenvalue weighted by Gasteiger charge is 2.16. The number of aromatic amines is 1. The minimum Gasteiger partial charge on any atom is -0.489 e. The molecule has 0 saturated carbocycles. The van der Waals surface area contributed by atoms with Crippen molar-refractivity contribution in [3.63, 3.8) is 0 Å². The van der Waals surface area contributed by atoms with Crippen LogP contribution in [0.5, 0.6) is 5.75 Å². The summed E-state index contributed by atoms with van der Waals surface area (Å²) in [7, 11) is 2.18. The Morgan fingerprint density at radius 2 is 1.88 bits per heavy atom. The van der Waals surface area contributed by atoms with Gasteiger partial charge < -0.3 is 14.5 Å². The highest BCUT2D eigenvalue weighted by atomic mass is 19.1. The van der Waals surface area contributed by atoms with E-state index in [9.17, 15) is 4.39 Å². The molecule has 0 unspecified atom stereocenters. The molecular formula is C19H20BFN2O. The summed E-state index contributed by atoms with van der Waals surface area (Å²) in [6.07, 6.45) is 2.15. The van der Waals surface area contributed by atoms with Gasteiger partial charge in [-0.3, -0.25) is 0 Å². The standard InChI is InChI=1S/C19H20BFN2O/c20-23-9-7-17-16-6-5-15(11-19(16)22-18(17)8-10-23)24-12-13-1-3-14(21)4-2-13/h1-6,11,22H,7-10,12,20H2. The topological polar surface area (TPSA) is 28.3 Å². The quantitative estimate of drug-likeness (QED) is 0.751. The van der Waals surface area contributed by atoms with E-state index in [4.69, 9.17) is 4.74 Å². The molecule has 3 aromatic rings. The monoisotopic (exact) mass is 322 g/mol. The molecule has 122 valence electrons. The molecule has 2 heterocycles. The summed E-state index contributed by atoms with van der Waals surface area (Å²) in [6, 6.07) is 12.7. The molecule has 1 aromatic heterocycles. The van der Waals surface area contributed by atoms with Crippen molar-refractivity contribution in [1.29, 1.82) is 0 Å². The van der Waals surface area contributed by atoms with Crippen LogP contribution in [0.15, 0.2) is 42.5 Å². The first-order chi connectivity index (χ1) is 11.7. The van der Waals surface area contributed by atoms with Crippen molar-refractivity contribution in [2.75, 3.05) is 13.1 Å². The van der Waals surface area contributed by atoms with Crippen molar-refractivity contribution in [1.82, 2.24) is 9.79 Å². The van der Waals surface area contributed by atoms with Crippen LogP contribution in [0.25, 0.3) is 10.9 Å². The van der Waals surface area contributed by atoms with E-state index in [1.807, 2.05) is 6.07 Å². The molecular weight excluding hydrogens is 302 g/mol. The van der Waals surface area contributed by atoms with Crippen molar-refractivity contribution >= 4 is 18.9 Å². The molecule has 1 aliphatic heterocycles. The summed E-state index contributed by atoms with van der Waals surface area (Å²) in [5, 5.41) is 1.30. The lowest BCUT2D eigenvalue weighted by Crippen LogP contribution is -2.22. The number of benzene rings is 2. The number of aromatic nitrogens is 1. The Morgan fingerprint density at radius 3 is 2.71 bits per heavy atom. The van der Waals surface area contributed by atoms with Gasteiger partial charge in [-0.2, -0.15) is 0 Å². The van der Waals surface area contributed by atoms with Gasteiger partial charge >= 0.3 is 0 Å². The number of halogens is 1. The van der Waals surface area contributed by atoms with Gasteiger partial charge in [-0.05, 0) is 61.3 Å². The predicted octanol–water partition coefficient (Wildman–Crippen LogP) is 2.83. The van der Waals surface area contributed by atoms with Crippen LogP contribution in [0.1, 0.15) is 16.8 Å². The molecule has 0 saturated heterocycles. The maximum Gasteiger partial charge on any atom is 0.185 e. The van der Waals surface area contributed by atoms with E-state index in [0.717, 1.165) is 42.8 Å². The molecule has 0 atom stereocenters. The largest absolute Gasteiger partial charge is 0.489 e. The van der Waals surface area contributed by atoms with Crippen LogP contribution >= 0.6 is 0 Å². The summed E-state index contributed by atoms with van der Waals surface area (Å²) < 4.78 is 18.8. The number of ether oxygens (including phenoxy) is 1. The molecule has 0 bridgehead atoms. The van der Waals surface area contributed by atoms with Gasteiger partial charge in [-0.1, -0.05) is 12.1 Å². The SMILES string of the molecule is BN1CCc2[nH]c3cc(OCc4ccc(F)cc4)ccc3c2CC1. The van der Waals surface area contributed by atoms with E-state index < -0.39 is 0 Å². The predicted molar refractivity (Wildman–Crippen MR) is 96.6 cm³/mol. The van der Waals surface area contributed by atoms with Gasteiger partial charge in [0, 0.05) is 22.7 Å². The lowest BCUT2D eigenvalue weighted by Gasteiger charge is -2.12. The second-order valence-corrected chi connectivity index (χ2v) is 6.51. The maximum absolute atomic E-state index is 12.9. The Kier molecular flexibility index (Phi) is 4.02. The zero-order valence-electron chi connectivity index (χ0n) is 13.8. The van der Waals surface area contributed by atoms with Crippen molar-refractivity contribution in [2.45, 2.75) is 19.4 Å². The minimum atomic E-state index is -0.223. The van der Waals surface area contributed by atoms with Crippen LogP contribution < -0.4 is 4.74 Å². The van der Waals surface area contributed by atoms with Crippen LogP contribution in [0, 0.1) is 5.82 Å². The zero-order chi connectivity index (χ0) is 16.5. The zero-order valence-corrected chi connectivity index (χ0v) is 13.8. The summed E-state index contributed by atoms with van der Waals surface area (Å²) in [5.41, 5.74) is 4.90. The Labute approximate surface area is 141 Å². The van der Waals surface area contributed by atoms with Crippen LogP contribution in [-0.2, 0) is 19.4 Å². The maximum atomic E-state index is 12.9. The van der Waals surface area contributed by atoms with E-state index in [0.29, 0.717) is 6.61 Å². The summed E-state index contributed by atoms with van der Waals surface area (Å²) in [4.78, 5) is 5.94. The van der Waals surface area contributed by atoms with Gasteiger partial charge in [-0.25, -0.2) is 4.39 Å². The third kappa shape index (κ3) is 3.04. The Bertz CT molecular complexity index is 860. The molecule has 24 heavy (non-hydrogen) atoms. The number of hydrogen-bond acceptors (Lipinski definition) is 2. The molecule has 2 aromatic carbocycles. The van der Waals surface area contributed by atoms with Gasteiger partial charge in [0.15, 0.2) is 7.98 Å². The van der Waals surface area contributed by atoms with E-state index in [2.05, 4.69) is 29.9 Å². The second-order valence-electron chi connectivity index (χ2n) is 6.51. The van der Waals surface area contributed by atoms with E-state index >= 15 is 0 Å². The number of rotatable bonds is 3. The number of fused-ring (bicyclic) bond motifs is 3. The van der Waals surface area contributed by atoms with Crippen molar-refractivity contribution in [3.8, 4) is 5.75 Å². The lowest BCUT2D eigenvalue weighted by atomic mass is 10.1. The minimum absolute atomic E-state index is 0.223. The van der Waals surface area contributed by atoms with E-state index in [-0.39, 0.29) is 5.82 Å². The molecule has 1 N–H and O–H groups in total. The first kappa shape index (κ1) is 15.3. The van der Waals surface area contributed by atoms with Gasteiger partial charge in [0.05, 0.1) is 0 Å². The van der Waals surface area contributed by atoms with Crippen molar-refractivity contribution in [3.05, 3.63) is 65.1 Å². The van der Waals surface area contributed by atoms with Gasteiger partial charge in [0.2, 0.25) is 0 Å². The Morgan fingerprint density at radius 1 is 1.08 bits per heavy atom. The highest BCUT2D eigenvalue weighted by Crippen LogP contribution is 2.28. The lowest BCUT2D eigenvalue weighted by molar-refractivity contribution is 0.306. The fraction of sp³-hybridized carbons (Fsp3) is 0.263. The molecule has 1 aliphatic rings. The van der Waals surface area contributed by atoms with Gasteiger partial charge in [0.1, 0.15) is 18.2 Å². The highest BCUT2D eigenvalue weighted by molar-refractivity contribution is 6.04. The number of H-pyrrole nitrogens is 1. The molecule has 0 spiro atoms. The van der Waals surface area contributed by atoms with Crippen molar-refractivity contribution in [2.24, 2.45) is 0 Å². The first-order valence-corrected chi connectivity index (χ1v) is 8.38.